The Morgan fingerprint density at radius 2 is 2.29 bits per heavy atom. The van der Waals surface area contributed by atoms with Crippen molar-refractivity contribution in [2.75, 3.05) is 12.0 Å². The molecule has 78 valence electrons. The van der Waals surface area contributed by atoms with Crippen LogP contribution >= 0.6 is 0 Å². The number of nitrogens with one attached hydrogen (secondary N) is 1. The fraction of sp³-hybridized carbons (Fsp3) is 0.500. The molecule has 6 heteroatoms. The summed E-state index contributed by atoms with van der Waals surface area (Å²) in [5.74, 6) is 0.177. The molecule has 0 spiro atoms. The van der Waals surface area contributed by atoms with Crippen LogP contribution in [0.5, 0.6) is 0 Å². The molecule has 0 unspecified atom stereocenters. The normalized spacial score (nSPS) is 11.5. The van der Waals surface area contributed by atoms with Crippen molar-refractivity contribution >= 4 is 15.6 Å². The van der Waals surface area contributed by atoms with Crippen LogP contribution in [0.25, 0.3) is 0 Å². The summed E-state index contributed by atoms with van der Waals surface area (Å²) in [4.78, 5) is 17.8. The van der Waals surface area contributed by atoms with Gasteiger partial charge in [-0.2, -0.15) is 0 Å². The third-order valence-corrected chi connectivity index (χ3v) is 2.71. The first-order chi connectivity index (χ1) is 6.49. The molecule has 0 radical (unpaired) electrons. The molecule has 0 bridgehead atoms. The van der Waals surface area contributed by atoms with E-state index in [-0.39, 0.29) is 18.0 Å². The van der Waals surface area contributed by atoms with Crippen molar-refractivity contribution in [3.63, 3.8) is 0 Å². The van der Waals surface area contributed by atoms with E-state index < -0.39 is 9.84 Å². The lowest BCUT2D eigenvalue weighted by molar-refractivity contribution is 0.0973. The molecule has 1 N–H and O–H groups in total. The Morgan fingerprint density at radius 1 is 1.57 bits per heavy atom. The van der Waals surface area contributed by atoms with Gasteiger partial charge in [-0.05, 0) is 6.42 Å². The van der Waals surface area contributed by atoms with Gasteiger partial charge in [0.05, 0.1) is 5.75 Å². The molecule has 0 atom stereocenters. The Bertz CT molecular complexity index is 394. The lowest BCUT2D eigenvalue weighted by Crippen LogP contribution is -2.07. The van der Waals surface area contributed by atoms with E-state index in [1.54, 1.807) is 6.20 Å². The average molecular weight is 216 g/mol. The van der Waals surface area contributed by atoms with Crippen molar-refractivity contribution < 1.29 is 13.2 Å². The summed E-state index contributed by atoms with van der Waals surface area (Å²) in [6.07, 6.45) is 4.76. The summed E-state index contributed by atoms with van der Waals surface area (Å²) in [6.45, 7) is 0. The molecule has 0 fully saturated rings. The number of carbonyl (C=O) groups excluding carboxylic acids is 1. The van der Waals surface area contributed by atoms with Gasteiger partial charge in [-0.3, -0.25) is 4.79 Å². The van der Waals surface area contributed by atoms with Crippen LogP contribution in [0.3, 0.4) is 0 Å². The maximum atomic E-state index is 11.3. The van der Waals surface area contributed by atoms with Crippen molar-refractivity contribution in [2.45, 2.75) is 12.8 Å². The Labute approximate surface area is 82.5 Å². The highest BCUT2D eigenvalue weighted by molar-refractivity contribution is 7.90. The number of rotatable bonds is 5. The lowest BCUT2D eigenvalue weighted by atomic mass is 10.2. The second-order valence-electron chi connectivity index (χ2n) is 3.09. The van der Waals surface area contributed by atoms with Crippen LogP contribution in [0.2, 0.25) is 0 Å². The van der Waals surface area contributed by atoms with Gasteiger partial charge in [-0.15, -0.1) is 0 Å². The molecule has 0 aliphatic rings. The van der Waals surface area contributed by atoms with Gasteiger partial charge in [0.15, 0.2) is 11.6 Å². The fourth-order valence-corrected chi connectivity index (χ4v) is 1.70. The number of H-pyrrole nitrogens is 1. The quantitative estimate of drug-likeness (QED) is 0.723. The summed E-state index contributed by atoms with van der Waals surface area (Å²) in [7, 11) is -2.97. The third kappa shape index (κ3) is 3.69. The zero-order chi connectivity index (χ0) is 10.6. The molecule has 1 heterocycles. The fourth-order valence-electron chi connectivity index (χ4n) is 1.03. The van der Waals surface area contributed by atoms with E-state index in [9.17, 15) is 13.2 Å². The highest BCUT2D eigenvalue weighted by atomic mass is 32.2. The first kappa shape index (κ1) is 10.9. The van der Waals surface area contributed by atoms with Crippen molar-refractivity contribution in [1.82, 2.24) is 9.97 Å². The molecular formula is C8H12N2O3S. The summed E-state index contributed by atoms with van der Waals surface area (Å²) in [6, 6.07) is 0. The highest BCUT2D eigenvalue weighted by Crippen LogP contribution is 2.01. The maximum absolute atomic E-state index is 11.3. The van der Waals surface area contributed by atoms with Gasteiger partial charge in [0.2, 0.25) is 0 Å². The SMILES string of the molecule is CS(=O)(=O)CCCC(=O)c1ncc[nH]1. The van der Waals surface area contributed by atoms with Crippen LogP contribution in [0.1, 0.15) is 23.5 Å². The Morgan fingerprint density at radius 3 is 2.79 bits per heavy atom. The van der Waals surface area contributed by atoms with E-state index >= 15 is 0 Å². The predicted octanol–water partition coefficient (Wildman–Crippen LogP) is 0.417. The molecule has 0 amide bonds. The van der Waals surface area contributed by atoms with Gasteiger partial charge in [-0.25, -0.2) is 13.4 Å². The standard InChI is InChI=1S/C8H12N2O3S/c1-14(12,13)6-2-3-7(11)8-9-4-5-10-8/h4-5H,2-3,6H2,1H3,(H,9,10). The van der Waals surface area contributed by atoms with E-state index in [2.05, 4.69) is 9.97 Å². The maximum Gasteiger partial charge on any atom is 0.198 e. The average Bonchev–Trinajstić information content (AvgIpc) is 2.53. The highest BCUT2D eigenvalue weighted by Gasteiger charge is 2.09. The van der Waals surface area contributed by atoms with Crippen molar-refractivity contribution in [3.05, 3.63) is 18.2 Å². The summed E-state index contributed by atoms with van der Waals surface area (Å²) >= 11 is 0. The Kier molecular flexibility index (Phi) is 3.40. The van der Waals surface area contributed by atoms with E-state index in [4.69, 9.17) is 0 Å². The van der Waals surface area contributed by atoms with Crippen LogP contribution in [0, 0.1) is 0 Å². The van der Waals surface area contributed by atoms with E-state index in [0.29, 0.717) is 12.2 Å². The van der Waals surface area contributed by atoms with Gasteiger partial charge < -0.3 is 4.98 Å². The van der Waals surface area contributed by atoms with Crippen LogP contribution < -0.4 is 0 Å². The molecule has 0 aliphatic carbocycles. The second-order valence-corrected chi connectivity index (χ2v) is 5.35. The van der Waals surface area contributed by atoms with E-state index in [1.165, 1.54) is 6.20 Å². The molecule has 0 saturated carbocycles. The molecule has 1 aromatic rings. The number of sulfone groups is 1. The molecular weight excluding hydrogens is 204 g/mol. The van der Waals surface area contributed by atoms with Crippen molar-refractivity contribution in [1.29, 1.82) is 0 Å². The van der Waals surface area contributed by atoms with Crippen molar-refractivity contribution in [2.24, 2.45) is 0 Å². The molecule has 0 saturated heterocycles. The first-order valence-electron chi connectivity index (χ1n) is 4.19. The number of nitrogens with zero attached hydrogens (tertiary/aromatic N) is 1. The lowest BCUT2D eigenvalue weighted by Gasteiger charge is -1.96. The number of hydrogen-bond acceptors (Lipinski definition) is 4. The monoisotopic (exact) mass is 216 g/mol. The zero-order valence-corrected chi connectivity index (χ0v) is 8.67. The first-order valence-corrected chi connectivity index (χ1v) is 6.25. The Balaban J connectivity index is 2.37. The minimum atomic E-state index is -2.97. The number of aromatic amines is 1. The van der Waals surface area contributed by atoms with Gasteiger partial charge in [-0.1, -0.05) is 0 Å². The van der Waals surface area contributed by atoms with Crippen LogP contribution in [-0.2, 0) is 9.84 Å². The number of imidazole rings is 1. The topological polar surface area (TPSA) is 79.9 Å². The van der Waals surface area contributed by atoms with Crippen molar-refractivity contribution in [3.8, 4) is 0 Å². The summed E-state index contributed by atoms with van der Waals surface area (Å²) in [5, 5.41) is 0. The third-order valence-electron chi connectivity index (χ3n) is 1.68. The van der Waals surface area contributed by atoms with Crippen LogP contribution in [0.4, 0.5) is 0 Å². The molecule has 1 rings (SSSR count). The molecule has 1 aromatic heterocycles. The minimum absolute atomic E-state index is 0.0411. The predicted molar refractivity (Wildman–Crippen MR) is 51.9 cm³/mol. The summed E-state index contributed by atoms with van der Waals surface area (Å²) in [5.41, 5.74) is 0. The zero-order valence-electron chi connectivity index (χ0n) is 7.86. The number of aromatic nitrogens is 2. The molecule has 0 aromatic carbocycles. The molecule has 5 nitrogen and oxygen atoms in total. The van der Waals surface area contributed by atoms with Gasteiger partial charge in [0.1, 0.15) is 9.84 Å². The van der Waals surface area contributed by atoms with Gasteiger partial charge >= 0.3 is 0 Å². The van der Waals surface area contributed by atoms with Gasteiger partial charge in [0.25, 0.3) is 0 Å². The number of ketones is 1. The molecule has 14 heavy (non-hydrogen) atoms. The smallest absolute Gasteiger partial charge is 0.198 e. The van der Waals surface area contributed by atoms with Gasteiger partial charge in [0, 0.05) is 25.1 Å². The number of Topliss-reactive ketones (excluding diaryl/α,β-unsaturated/α-hetero) is 1. The van der Waals surface area contributed by atoms with E-state index in [1.807, 2.05) is 0 Å². The largest absolute Gasteiger partial charge is 0.342 e. The second kappa shape index (κ2) is 4.36. The summed E-state index contributed by atoms with van der Waals surface area (Å²) < 4.78 is 21.5. The van der Waals surface area contributed by atoms with E-state index in [0.717, 1.165) is 6.26 Å². The number of hydrogen-bond donors (Lipinski definition) is 1. The Hall–Kier alpha value is -1.17. The molecule has 0 aliphatic heterocycles. The number of carbonyl (C=O) groups is 1. The van der Waals surface area contributed by atoms with Crippen LogP contribution in [-0.4, -0.2) is 36.2 Å². The van der Waals surface area contributed by atoms with Crippen LogP contribution in [0.15, 0.2) is 12.4 Å². The minimum Gasteiger partial charge on any atom is -0.342 e.